The first-order valence-corrected chi connectivity index (χ1v) is 7.08. The number of hydrogen-bond acceptors (Lipinski definition) is 4. The maximum absolute atomic E-state index is 12.1. The average molecular weight is 286 g/mol. The van der Waals surface area contributed by atoms with E-state index in [4.69, 9.17) is 4.74 Å². The zero-order chi connectivity index (χ0) is 14.7. The Morgan fingerprint density at radius 3 is 3.19 bits per heavy atom. The van der Waals surface area contributed by atoms with E-state index in [9.17, 15) is 4.79 Å². The standard InChI is InChI=1S/C15H18N4O2/c1-21-12-5-6-13-10(7-12)3-2-4-11(13)8-14(20)18-15-16-9-17-19-15/h5-7,9,11H,2-4,8H2,1H3,(H2,16,17,18,19,20)/t11-/m1/s1. The molecule has 6 nitrogen and oxygen atoms in total. The molecule has 2 N–H and O–H groups in total. The van der Waals surface area contributed by atoms with Gasteiger partial charge >= 0.3 is 0 Å². The van der Waals surface area contributed by atoms with E-state index in [2.05, 4.69) is 32.6 Å². The van der Waals surface area contributed by atoms with Crippen LogP contribution in [0, 0.1) is 0 Å². The van der Waals surface area contributed by atoms with E-state index in [0.717, 1.165) is 25.0 Å². The van der Waals surface area contributed by atoms with E-state index in [0.29, 0.717) is 12.4 Å². The van der Waals surface area contributed by atoms with Crippen LogP contribution in [0.15, 0.2) is 24.5 Å². The molecule has 1 heterocycles. The quantitative estimate of drug-likeness (QED) is 0.903. The van der Waals surface area contributed by atoms with Crippen molar-refractivity contribution < 1.29 is 9.53 Å². The van der Waals surface area contributed by atoms with Gasteiger partial charge in [-0.3, -0.25) is 10.1 Å². The van der Waals surface area contributed by atoms with Gasteiger partial charge in [0.25, 0.3) is 0 Å². The number of nitrogens with one attached hydrogen (secondary N) is 2. The molecule has 1 aromatic heterocycles. The SMILES string of the molecule is COc1ccc2c(c1)CCC[C@@H]2CC(=O)Nc1ncn[nH]1. The lowest BCUT2D eigenvalue weighted by Gasteiger charge is -2.25. The molecule has 3 rings (SSSR count). The van der Waals surface area contributed by atoms with Gasteiger partial charge in [-0.25, -0.2) is 5.10 Å². The summed E-state index contributed by atoms with van der Waals surface area (Å²) < 4.78 is 5.27. The predicted molar refractivity (Wildman–Crippen MR) is 78.3 cm³/mol. The summed E-state index contributed by atoms with van der Waals surface area (Å²) in [4.78, 5) is 16.0. The van der Waals surface area contributed by atoms with Crippen LogP contribution < -0.4 is 10.1 Å². The smallest absolute Gasteiger partial charge is 0.227 e. The maximum atomic E-state index is 12.1. The van der Waals surface area contributed by atoms with Crippen molar-refractivity contribution in [2.45, 2.75) is 31.6 Å². The number of rotatable bonds is 4. The van der Waals surface area contributed by atoms with E-state index < -0.39 is 0 Å². The molecule has 6 heteroatoms. The van der Waals surface area contributed by atoms with Crippen molar-refractivity contribution in [2.75, 3.05) is 12.4 Å². The van der Waals surface area contributed by atoms with Crippen LogP contribution in [0.3, 0.4) is 0 Å². The highest BCUT2D eigenvalue weighted by molar-refractivity contribution is 5.89. The van der Waals surface area contributed by atoms with Gasteiger partial charge in [0.05, 0.1) is 7.11 Å². The van der Waals surface area contributed by atoms with E-state index in [1.807, 2.05) is 6.07 Å². The fourth-order valence-corrected chi connectivity index (χ4v) is 2.90. The second kappa shape index (κ2) is 5.95. The fourth-order valence-electron chi connectivity index (χ4n) is 2.90. The van der Waals surface area contributed by atoms with Crippen molar-refractivity contribution in [3.05, 3.63) is 35.7 Å². The summed E-state index contributed by atoms with van der Waals surface area (Å²) in [6.07, 6.45) is 5.01. The maximum Gasteiger partial charge on any atom is 0.227 e. The third kappa shape index (κ3) is 3.04. The molecule has 0 fully saturated rings. The van der Waals surface area contributed by atoms with Gasteiger partial charge in [0.15, 0.2) is 0 Å². The van der Waals surface area contributed by atoms with Gasteiger partial charge in [-0.15, -0.1) is 0 Å². The molecule has 0 unspecified atom stereocenters. The molecule has 1 atom stereocenters. The number of carbonyl (C=O) groups is 1. The molecule has 0 spiro atoms. The summed E-state index contributed by atoms with van der Waals surface area (Å²) in [6.45, 7) is 0. The molecule has 1 aliphatic carbocycles. The molecule has 0 bridgehead atoms. The minimum absolute atomic E-state index is 0.0413. The minimum Gasteiger partial charge on any atom is -0.497 e. The van der Waals surface area contributed by atoms with Crippen molar-refractivity contribution in [1.29, 1.82) is 0 Å². The minimum atomic E-state index is -0.0413. The Kier molecular flexibility index (Phi) is 3.85. The first kappa shape index (κ1) is 13.6. The number of anilines is 1. The number of hydrogen-bond donors (Lipinski definition) is 2. The van der Waals surface area contributed by atoms with Crippen molar-refractivity contribution in [3.8, 4) is 5.75 Å². The van der Waals surface area contributed by atoms with Crippen LogP contribution in [0.2, 0.25) is 0 Å². The number of ether oxygens (including phenoxy) is 1. The zero-order valence-electron chi connectivity index (χ0n) is 11.9. The Balaban J connectivity index is 1.71. The lowest BCUT2D eigenvalue weighted by Crippen LogP contribution is -2.19. The summed E-state index contributed by atoms with van der Waals surface area (Å²) in [7, 11) is 1.67. The Morgan fingerprint density at radius 1 is 1.52 bits per heavy atom. The lowest BCUT2D eigenvalue weighted by atomic mass is 9.81. The van der Waals surface area contributed by atoms with Crippen molar-refractivity contribution in [3.63, 3.8) is 0 Å². The largest absolute Gasteiger partial charge is 0.497 e. The molecule has 21 heavy (non-hydrogen) atoms. The van der Waals surface area contributed by atoms with Crippen LogP contribution in [-0.4, -0.2) is 28.2 Å². The second-order valence-corrected chi connectivity index (χ2v) is 5.24. The number of methoxy groups -OCH3 is 1. The highest BCUT2D eigenvalue weighted by atomic mass is 16.5. The Bertz CT molecular complexity index is 625. The number of benzene rings is 1. The predicted octanol–water partition coefficient (Wildman–Crippen LogP) is 2.26. The molecule has 0 saturated heterocycles. The van der Waals surface area contributed by atoms with Gasteiger partial charge in [0.2, 0.25) is 11.9 Å². The lowest BCUT2D eigenvalue weighted by molar-refractivity contribution is -0.116. The summed E-state index contributed by atoms with van der Waals surface area (Å²) >= 11 is 0. The first-order chi connectivity index (χ1) is 10.3. The van der Waals surface area contributed by atoms with E-state index in [-0.39, 0.29) is 11.8 Å². The molecular formula is C15H18N4O2. The molecule has 1 aromatic carbocycles. The van der Waals surface area contributed by atoms with Crippen molar-refractivity contribution in [1.82, 2.24) is 15.2 Å². The van der Waals surface area contributed by atoms with Crippen LogP contribution in [0.5, 0.6) is 5.75 Å². The fraction of sp³-hybridized carbons (Fsp3) is 0.400. The van der Waals surface area contributed by atoms with Gasteiger partial charge in [-0.05, 0) is 48.4 Å². The third-order valence-corrected chi connectivity index (χ3v) is 3.89. The highest BCUT2D eigenvalue weighted by Gasteiger charge is 2.23. The van der Waals surface area contributed by atoms with Gasteiger partial charge < -0.3 is 4.74 Å². The molecule has 2 aromatic rings. The van der Waals surface area contributed by atoms with Crippen LogP contribution in [-0.2, 0) is 11.2 Å². The number of H-pyrrole nitrogens is 1. The number of aromatic nitrogens is 3. The van der Waals surface area contributed by atoms with Gasteiger partial charge in [-0.1, -0.05) is 6.07 Å². The molecule has 0 saturated carbocycles. The van der Waals surface area contributed by atoms with Crippen molar-refractivity contribution >= 4 is 11.9 Å². The van der Waals surface area contributed by atoms with Gasteiger partial charge in [0, 0.05) is 6.42 Å². The molecule has 0 aliphatic heterocycles. The molecule has 1 aliphatic rings. The van der Waals surface area contributed by atoms with Gasteiger partial charge in [0.1, 0.15) is 12.1 Å². The van der Waals surface area contributed by atoms with Crippen molar-refractivity contribution in [2.24, 2.45) is 0 Å². The molecular weight excluding hydrogens is 268 g/mol. The normalized spacial score (nSPS) is 17.1. The molecule has 1 amide bonds. The van der Waals surface area contributed by atoms with Crippen LogP contribution in [0.25, 0.3) is 0 Å². The van der Waals surface area contributed by atoms with Crippen LogP contribution in [0.1, 0.15) is 36.3 Å². The summed E-state index contributed by atoms with van der Waals surface area (Å²) in [5.74, 6) is 1.48. The highest BCUT2D eigenvalue weighted by Crippen LogP contribution is 2.35. The third-order valence-electron chi connectivity index (χ3n) is 3.89. The number of fused-ring (bicyclic) bond motifs is 1. The summed E-state index contributed by atoms with van der Waals surface area (Å²) in [5.41, 5.74) is 2.55. The Labute approximate surface area is 122 Å². The average Bonchev–Trinajstić information content (AvgIpc) is 2.99. The van der Waals surface area contributed by atoms with E-state index in [1.54, 1.807) is 7.11 Å². The molecule has 0 radical (unpaired) electrons. The number of aryl methyl sites for hydroxylation is 1. The van der Waals surface area contributed by atoms with Gasteiger partial charge in [-0.2, -0.15) is 10.1 Å². The Hall–Kier alpha value is -2.37. The van der Waals surface area contributed by atoms with E-state index in [1.165, 1.54) is 17.5 Å². The monoisotopic (exact) mass is 286 g/mol. The molecule has 110 valence electrons. The Morgan fingerprint density at radius 2 is 2.43 bits per heavy atom. The second-order valence-electron chi connectivity index (χ2n) is 5.24. The summed E-state index contributed by atoms with van der Waals surface area (Å²) in [5, 5.41) is 9.07. The number of carbonyl (C=O) groups excluding carboxylic acids is 1. The van der Waals surface area contributed by atoms with Crippen LogP contribution >= 0.6 is 0 Å². The van der Waals surface area contributed by atoms with E-state index >= 15 is 0 Å². The number of nitrogens with zero attached hydrogens (tertiary/aromatic N) is 2. The first-order valence-electron chi connectivity index (χ1n) is 7.08. The number of amides is 1. The zero-order valence-corrected chi connectivity index (χ0v) is 11.9. The summed E-state index contributed by atoms with van der Waals surface area (Å²) in [6, 6.07) is 6.13. The topological polar surface area (TPSA) is 79.9 Å². The number of aromatic amines is 1. The van der Waals surface area contributed by atoms with Crippen LogP contribution in [0.4, 0.5) is 5.95 Å².